The molecule has 0 aliphatic rings. The van der Waals surface area contributed by atoms with Gasteiger partial charge in [-0.3, -0.25) is 0 Å². The molecule has 2 nitrogen and oxygen atoms in total. The molecule has 0 unspecified atom stereocenters. The Hall–Kier alpha value is -5.38. The zero-order chi connectivity index (χ0) is 32.1. The lowest BCUT2D eigenvalue weighted by molar-refractivity contribution is 1.27. The first-order valence-electron chi connectivity index (χ1n) is 16.2. The fourth-order valence-corrected chi connectivity index (χ4v) is 8.19. The minimum atomic E-state index is 1.15. The highest BCUT2D eigenvalue weighted by atomic mass is 32.1. The van der Waals surface area contributed by atoms with Crippen LogP contribution in [0.5, 0.6) is 0 Å². The van der Waals surface area contributed by atoms with E-state index in [2.05, 4.69) is 183 Å². The van der Waals surface area contributed by atoms with Crippen molar-refractivity contribution < 1.29 is 0 Å². The Labute approximate surface area is 280 Å². The van der Waals surface area contributed by atoms with Gasteiger partial charge in [-0.2, -0.15) is 0 Å². The van der Waals surface area contributed by atoms with Crippen molar-refractivity contribution in [1.29, 1.82) is 0 Å². The lowest BCUT2D eigenvalue weighted by Crippen LogP contribution is -2.14. The summed E-state index contributed by atoms with van der Waals surface area (Å²) < 4.78 is 2.55. The Kier molecular flexibility index (Phi) is 7.27. The van der Waals surface area contributed by atoms with Crippen LogP contribution >= 0.6 is 11.3 Å². The van der Waals surface area contributed by atoms with E-state index in [0.717, 1.165) is 22.7 Å². The van der Waals surface area contributed by atoms with Gasteiger partial charge in [0.2, 0.25) is 0 Å². The van der Waals surface area contributed by atoms with Gasteiger partial charge in [0, 0.05) is 49.0 Å². The summed E-state index contributed by atoms with van der Waals surface area (Å²) in [6.45, 7) is 8.71. The summed E-state index contributed by atoms with van der Waals surface area (Å²) in [5.41, 5.74) is 12.0. The van der Waals surface area contributed by atoms with E-state index < -0.39 is 0 Å². The van der Waals surface area contributed by atoms with Crippen LogP contribution in [0.1, 0.15) is 22.3 Å². The standard InChI is InChI=1S/C44H36N2S/c1-29-13-9-17-33(25-29)45(34-18-10-14-30(2)26-34)42-37-21-5-6-22-38(37)43(44-41(42)39-23-7-8-24-40(39)47-44)46(35-19-11-15-31(3)27-35)36-20-12-16-32(4)28-36/h5-28H,1-4H3. The number of thiophene rings is 1. The van der Waals surface area contributed by atoms with Crippen LogP contribution in [0.15, 0.2) is 146 Å². The summed E-state index contributed by atoms with van der Waals surface area (Å²) >= 11 is 1.89. The van der Waals surface area contributed by atoms with Gasteiger partial charge in [0.05, 0.1) is 16.1 Å². The number of hydrogen-bond acceptors (Lipinski definition) is 3. The molecule has 0 N–H and O–H groups in total. The second kappa shape index (κ2) is 11.8. The molecule has 0 saturated carbocycles. The summed E-state index contributed by atoms with van der Waals surface area (Å²) in [5.74, 6) is 0. The van der Waals surface area contributed by atoms with Gasteiger partial charge in [-0.1, -0.05) is 91.0 Å². The first kappa shape index (κ1) is 29.1. The molecule has 228 valence electrons. The molecule has 7 aromatic carbocycles. The van der Waals surface area contributed by atoms with Crippen LogP contribution in [-0.4, -0.2) is 0 Å². The lowest BCUT2D eigenvalue weighted by Gasteiger charge is -2.32. The molecular weight excluding hydrogens is 589 g/mol. The average Bonchev–Trinajstić information content (AvgIpc) is 3.45. The summed E-state index contributed by atoms with van der Waals surface area (Å²) in [5, 5.41) is 4.97. The average molecular weight is 625 g/mol. The van der Waals surface area contributed by atoms with Gasteiger partial charge in [-0.15, -0.1) is 11.3 Å². The number of rotatable bonds is 6. The Balaban J connectivity index is 1.58. The Morgan fingerprint density at radius 3 is 1.21 bits per heavy atom. The van der Waals surface area contributed by atoms with E-state index in [-0.39, 0.29) is 0 Å². The van der Waals surface area contributed by atoms with Crippen LogP contribution in [0.2, 0.25) is 0 Å². The van der Waals surface area contributed by atoms with Crippen molar-refractivity contribution in [3.63, 3.8) is 0 Å². The maximum atomic E-state index is 2.48. The Morgan fingerprint density at radius 2 is 0.766 bits per heavy atom. The second-order valence-electron chi connectivity index (χ2n) is 12.6. The molecule has 0 amide bonds. The van der Waals surface area contributed by atoms with E-state index >= 15 is 0 Å². The van der Waals surface area contributed by atoms with Crippen LogP contribution in [-0.2, 0) is 0 Å². The lowest BCUT2D eigenvalue weighted by atomic mass is 9.97. The zero-order valence-electron chi connectivity index (χ0n) is 27.2. The van der Waals surface area contributed by atoms with Gasteiger partial charge >= 0.3 is 0 Å². The SMILES string of the molecule is Cc1cccc(N(c2cccc(C)c2)c2c3ccccc3c(N(c3cccc(C)c3)c3cccc(C)c3)c3c2sc2ccccc23)c1. The van der Waals surface area contributed by atoms with E-state index in [1.165, 1.54) is 64.6 Å². The Bertz CT molecular complexity index is 2340. The van der Waals surface area contributed by atoms with E-state index in [4.69, 9.17) is 0 Å². The maximum Gasteiger partial charge on any atom is 0.0720 e. The minimum Gasteiger partial charge on any atom is -0.309 e. The third kappa shape index (κ3) is 5.14. The largest absolute Gasteiger partial charge is 0.309 e. The molecule has 0 aliphatic heterocycles. The predicted octanol–water partition coefficient (Wildman–Crippen LogP) is 13.4. The molecule has 1 heterocycles. The molecule has 0 spiro atoms. The molecule has 3 heteroatoms. The first-order chi connectivity index (χ1) is 23.0. The molecule has 0 saturated heterocycles. The van der Waals surface area contributed by atoms with Gasteiger partial charge < -0.3 is 9.80 Å². The van der Waals surface area contributed by atoms with Gasteiger partial charge in [-0.25, -0.2) is 0 Å². The summed E-state index contributed by atoms with van der Waals surface area (Å²) in [4.78, 5) is 4.96. The van der Waals surface area contributed by atoms with Crippen LogP contribution in [0, 0.1) is 27.7 Å². The molecule has 1 aromatic heterocycles. The summed E-state index contributed by atoms with van der Waals surface area (Å²) in [6, 6.07) is 53.4. The molecule has 47 heavy (non-hydrogen) atoms. The van der Waals surface area contributed by atoms with Crippen molar-refractivity contribution in [2.24, 2.45) is 0 Å². The molecule has 0 bridgehead atoms. The molecule has 8 rings (SSSR count). The van der Waals surface area contributed by atoms with Crippen LogP contribution in [0.4, 0.5) is 34.1 Å². The quantitative estimate of drug-likeness (QED) is 0.170. The number of anilines is 6. The van der Waals surface area contributed by atoms with Crippen molar-refractivity contribution in [2.45, 2.75) is 27.7 Å². The number of hydrogen-bond donors (Lipinski definition) is 0. The zero-order valence-corrected chi connectivity index (χ0v) is 28.0. The van der Waals surface area contributed by atoms with Crippen molar-refractivity contribution in [1.82, 2.24) is 0 Å². The Morgan fingerprint density at radius 1 is 0.383 bits per heavy atom. The van der Waals surface area contributed by atoms with Crippen molar-refractivity contribution >= 4 is 76.4 Å². The highest BCUT2D eigenvalue weighted by Crippen LogP contribution is 2.55. The molecular formula is C44H36N2S. The van der Waals surface area contributed by atoms with Gasteiger partial charge in [-0.05, 0) is 105 Å². The van der Waals surface area contributed by atoms with Crippen molar-refractivity contribution in [3.8, 4) is 0 Å². The summed E-state index contributed by atoms with van der Waals surface area (Å²) in [6.07, 6.45) is 0. The topological polar surface area (TPSA) is 6.48 Å². The summed E-state index contributed by atoms with van der Waals surface area (Å²) in [7, 11) is 0. The maximum absolute atomic E-state index is 2.48. The molecule has 0 radical (unpaired) electrons. The van der Waals surface area contributed by atoms with E-state index in [1.54, 1.807) is 0 Å². The number of nitrogens with zero attached hydrogens (tertiary/aromatic N) is 2. The number of fused-ring (bicyclic) bond motifs is 4. The van der Waals surface area contributed by atoms with Crippen molar-refractivity contribution in [3.05, 3.63) is 168 Å². The van der Waals surface area contributed by atoms with Crippen LogP contribution in [0.3, 0.4) is 0 Å². The molecule has 0 atom stereocenters. The van der Waals surface area contributed by atoms with Gasteiger partial charge in [0.15, 0.2) is 0 Å². The normalized spacial score (nSPS) is 11.4. The van der Waals surface area contributed by atoms with E-state index in [1.807, 2.05) is 11.3 Å². The fourth-order valence-electron chi connectivity index (χ4n) is 6.94. The van der Waals surface area contributed by atoms with Crippen LogP contribution < -0.4 is 9.80 Å². The fraction of sp³-hybridized carbons (Fsp3) is 0.0909. The van der Waals surface area contributed by atoms with Gasteiger partial charge in [0.25, 0.3) is 0 Å². The van der Waals surface area contributed by atoms with Gasteiger partial charge in [0.1, 0.15) is 0 Å². The number of aryl methyl sites for hydroxylation is 4. The third-order valence-corrected chi connectivity index (χ3v) is 10.1. The predicted molar refractivity (Wildman–Crippen MR) is 205 cm³/mol. The third-order valence-electron chi connectivity index (χ3n) is 8.97. The minimum absolute atomic E-state index is 1.15. The van der Waals surface area contributed by atoms with E-state index in [0.29, 0.717) is 0 Å². The molecule has 0 fully saturated rings. The first-order valence-corrected chi connectivity index (χ1v) is 17.0. The molecule has 8 aromatic rings. The second-order valence-corrected chi connectivity index (χ2v) is 13.6. The van der Waals surface area contributed by atoms with Crippen LogP contribution in [0.25, 0.3) is 30.9 Å². The highest BCUT2D eigenvalue weighted by Gasteiger charge is 2.28. The van der Waals surface area contributed by atoms with E-state index in [9.17, 15) is 0 Å². The monoisotopic (exact) mass is 624 g/mol. The highest BCUT2D eigenvalue weighted by molar-refractivity contribution is 7.26. The van der Waals surface area contributed by atoms with Crippen molar-refractivity contribution in [2.75, 3.05) is 9.80 Å². The number of benzene rings is 7. The molecule has 0 aliphatic carbocycles. The smallest absolute Gasteiger partial charge is 0.0720 e.